The third kappa shape index (κ3) is 3.57. The number of hydrogen-bond acceptors (Lipinski definition) is 2. The molecule has 0 fully saturated rings. The summed E-state index contributed by atoms with van der Waals surface area (Å²) >= 11 is 6.95. The number of rotatable bonds is 4. The van der Waals surface area contributed by atoms with E-state index < -0.39 is 0 Å². The van der Waals surface area contributed by atoms with E-state index in [0.717, 1.165) is 27.0 Å². The second kappa shape index (κ2) is 6.36. The van der Waals surface area contributed by atoms with Crippen molar-refractivity contribution in [1.29, 1.82) is 0 Å². The number of hydrogen-bond donors (Lipinski definition) is 1. The zero-order valence-corrected chi connectivity index (χ0v) is 13.1. The summed E-state index contributed by atoms with van der Waals surface area (Å²) in [6.07, 6.45) is 0. The second-order valence-corrected chi connectivity index (χ2v) is 5.62. The lowest BCUT2D eigenvalue weighted by Gasteiger charge is -2.09. The average molecular weight is 371 g/mol. The fraction of sp³-hybridized carbons (Fsp3) is 0.143. The summed E-state index contributed by atoms with van der Waals surface area (Å²) in [6, 6.07) is 13.9. The molecule has 0 aliphatic carbocycles. The van der Waals surface area contributed by atoms with Crippen LogP contribution < -0.4 is 10.1 Å². The van der Waals surface area contributed by atoms with Gasteiger partial charge >= 0.3 is 0 Å². The van der Waals surface area contributed by atoms with Gasteiger partial charge in [0.05, 0.1) is 4.47 Å². The van der Waals surface area contributed by atoms with Crippen LogP contribution in [-0.4, -0.2) is 7.05 Å². The molecule has 2 nitrogen and oxygen atoms in total. The van der Waals surface area contributed by atoms with Crippen LogP contribution in [0.25, 0.3) is 0 Å². The SMILES string of the molecule is CNCc1ccc(Oc2cccc(Br)c2)c(Br)c1. The quantitative estimate of drug-likeness (QED) is 0.840. The Hall–Kier alpha value is -0.840. The van der Waals surface area contributed by atoms with Crippen molar-refractivity contribution in [3.63, 3.8) is 0 Å². The van der Waals surface area contributed by atoms with E-state index in [2.05, 4.69) is 49.3 Å². The Morgan fingerprint density at radius 1 is 1.11 bits per heavy atom. The summed E-state index contributed by atoms with van der Waals surface area (Å²) in [5.41, 5.74) is 1.21. The predicted molar refractivity (Wildman–Crippen MR) is 81.1 cm³/mol. The molecule has 0 unspecified atom stereocenters. The predicted octanol–water partition coefficient (Wildman–Crippen LogP) is 4.72. The fourth-order valence-electron chi connectivity index (χ4n) is 1.60. The van der Waals surface area contributed by atoms with Crippen LogP contribution in [0.5, 0.6) is 11.5 Å². The van der Waals surface area contributed by atoms with E-state index in [1.807, 2.05) is 37.4 Å². The topological polar surface area (TPSA) is 21.3 Å². The lowest BCUT2D eigenvalue weighted by Crippen LogP contribution is -2.04. The Bertz CT molecular complexity index is 543. The lowest BCUT2D eigenvalue weighted by molar-refractivity contribution is 0.479. The summed E-state index contributed by atoms with van der Waals surface area (Å²) in [4.78, 5) is 0. The lowest BCUT2D eigenvalue weighted by atomic mass is 10.2. The fourth-order valence-corrected chi connectivity index (χ4v) is 2.48. The van der Waals surface area contributed by atoms with Crippen molar-refractivity contribution < 1.29 is 4.74 Å². The molecular weight excluding hydrogens is 358 g/mol. The summed E-state index contributed by atoms with van der Waals surface area (Å²) in [7, 11) is 1.93. The maximum Gasteiger partial charge on any atom is 0.141 e. The minimum Gasteiger partial charge on any atom is -0.456 e. The van der Waals surface area contributed by atoms with Crippen LogP contribution in [0.15, 0.2) is 51.4 Å². The Morgan fingerprint density at radius 3 is 2.61 bits per heavy atom. The Morgan fingerprint density at radius 2 is 1.94 bits per heavy atom. The average Bonchev–Trinajstić information content (AvgIpc) is 2.33. The smallest absolute Gasteiger partial charge is 0.141 e. The van der Waals surface area contributed by atoms with Crippen LogP contribution in [0.2, 0.25) is 0 Å². The van der Waals surface area contributed by atoms with E-state index in [1.54, 1.807) is 0 Å². The Balaban J connectivity index is 2.19. The molecule has 0 bridgehead atoms. The van der Waals surface area contributed by atoms with Crippen LogP contribution in [-0.2, 0) is 6.54 Å². The molecule has 2 aromatic carbocycles. The molecule has 0 spiro atoms. The molecule has 0 saturated heterocycles. The molecule has 4 heteroatoms. The highest BCUT2D eigenvalue weighted by atomic mass is 79.9. The van der Waals surface area contributed by atoms with Gasteiger partial charge in [0.2, 0.25) is 0 Å². The molecule has 94 valence electrons. The van der Waals surface area contributed by atoms with Crippen LogP contribution in [0.4, 0.5) is 0 Å². The van der Waals surface area contributed by atoms with Gasteiger partial charge in [-0.15, -0.1) is 0 Å². The molecular formula is C14H13Br2NO. The molecule has 0 aromatic heterocycles. The van der Waals surface area contributed by atoms with Gasteiger partial charge in [-0.05, 0) is 58.9 Å². The third-order valence-corrected chi connectivity index (χ3v) is 3.51. The van der Waals surface area contributed by atoms with Gasteiger partial charge in [0.1, 0.15) is 11.5 Å². The van der Waals surface area contributed by atoms with Gasteiger partial charge in [-0.3, -0.25) is 0 Å². The molecule has 0 radical (unpaired) electrons. The molecule has 2 rings (SSSR count). The molecule has 0 aliphatic heterocycles. The molecule has 0 saturated carbocycles. The van der Waals surface area contributed by atoms with Gasteiger partial charge in [0.25, 0.3) is 0 Å². The summed E-state index contributed by atoms with van der Waals surface area (Å²) in [5.74, 6) is 1.62. The largest absolute Gasteiger partial charge is 0.456 e. The first-order chi connectivity index (χ1) is 8.69. The van der Waals surface area contributed by atoms with Crippen molar-refractivity contribution in [2.45, 2.75) is 6.54 Å². The van der Waals surface area contributed by atoms with E-state index >= 15 is 0 Å². The normalized spacial score (nSPS) is 10.4. The number of ether oxygens (including phenoxy) is 1. The van der Waals surface area contributed by atoms with Gasteiger partial charge in [0, 0.05) is 11.0 Å². The highest BCUT2D eigenvalue weighted by Gasteiger charge is 2.04. The standard InChI is InChI=1S/C14H13Br2NO/c1-17-9-10-5-6-14(13(16)7-10)18-12-4-2-3-11(15)8-12/h2-8,17H,9H2,1H3. The molecule has 0 atom stereocenters. The van der Waals surface area contributed by atoms with Crippen molar-refractivity contribution in [1.82, 2.24) is 5.32 Å². The third-order valence-electron chi connectivity index (χ3n) is 2.40. The minimum absolute atomic E-state index is 0.812. The number of benzene rings is 2. The first-order valence-electron chi connectivity index (χ1n) is 5.55. The van der Waals surface area contributed by atoms with Crippen molar-refractivity contribution in [2.75, 3.05) is 7.05 Å². The van der Waals surface area contributed by atoms with E-state index in [1.165, 1.54) is 5.56 Å². The minimum atomic E-state index is 0.812. The summed E-state index contributed by atoms with van der Waals surface area (Å²) < 4.78 is 7.78. The van der Waals surface area contributed by atoms with Crippen molar-refractivity contribution >= 4 is 31.9 Å². The molecule has 0 heterocycles. The van der Waals surface area contributed by atoms with Crippen molar-refractivity contribution in [2.24, 2.45) is 0 Å². The molecule has 1 N–H and O–H groups in total. The van der Waals surface area contributed by atoms with Crippen LogP contribution in [0.1, 0.15) is 5.56 Å². The first kappa shape index (κ1) is 13.6. The molecule has 18 heavy (non-hydrogen) atoms. The molecule has 0 amide bonds. The van der Waals surface area contributed by atoms with Gasteiger partial charge < -0.3 is 10.1 Å². The number of nitrogens with one attached hydrogen (secondary N) is 1. The highest BCUT2D eigenvalue weighted by Crippen LogP contribution is 2.31. The monoisotopic (exact) mass is 369 g/mol. The Kier molecular flexibility index (Phi) is 4.80. The van der Waals surface area contributed by atoms with Gasteiger partial charge in [-0.2, -0.15) is 0 Å². The Labute approximate surface area is 124 Å². The van der Waals surface area contributed by atoms with Gasteiger partial charge in [0.15, 0.2) is 0 Å². The van der Waals surface area contributed by atoms with E-state index in [-0.39, 0.29) is 0 Å². The molecule has 2 aromatic rings. The maximum absolute atomic E-state index is 5.83. The van der Waals surface area contributed by atoms with E-state index in [0.29, 0.717) is 0 Å². The summed E-state index contributed by atoms with van der Waals surface area (Å²) in [6.45, 7) is 0.843. The van der Waals surface area contributed by atoms with Crippen LogP contribution in [0.3, 0.4) is 0 Å². The zero-order valence-electron chi connectivity index (χ0n) is 9.91. The second-order valence-electron chi connectivity index (χ2n) is 3.85. The molecule has 0 aliphatic rings. The van der Waals surface area contributed by atoms with Gasteiger partial charge in [-0.25, -0.2) is 0 Å². The van der Waals surface area contributed by atoms with Crippen LogP contribution in [0, 0.1) is 0 Å². The first-order valence-corrected chi connectivity index (χ1v) is 7.14. The van der Waals surface area contributed by atoms with Crippen LogP contribution >= 0.6 is 31.9 Å². The van der Waals surface area contributed by atoms with E-state index in [9.17, 15) is 0 Å². The summed E-state index contributed by atoms with van der Waals surface area (Å²) in [5, 5.41) is 3.12. The number of halogens is 2. The van der Waals surface area contributed by atoms with Gasteiger partial charge in [-0.1, -0.05) is 28.1 Å². The van der Waals surface area contributed by atoms with Crippen molar-refractivity contribution in [3.05, 3.63) is 57.0 Å². The van der Waals surface area contributed by atoms with E-state index in [4.69, 9.17) is 4.74 Å². The van der Waals surface area contributed by atoms with Crippen molar-refractivity contribution in [3.8, 4) is 11.5 Å². The highest BCUT2D eigenvalue weighted by molar-refractivity contribution is 9.10. The zero-order chi connectivity index (χ0) is 13.0. The maximum atomic E-state index is 5.83.